The number of rotatable bonds is 4. The Kier molecular flexibility index (Phi) is 3.55. The summed E-state index contributed by atoms with van der Waals surface area (Å²) in [6.07, 6.45) is 0. The van der Waals surface area contributed by atoms with Gasteiger partial charge in [-0.15, -0.1) is 11.3 Å². The van der Waals surface area contributed by atoms with Gasteiger partial charge in [-0.3, -0.25) is 9.89 Å². The van der Waals surface area contributed by atoms with Crippen LogP contribution in [0.25, 0.3) is 10.6 Å². The monoisotopic (exact) mass is 251 g/mol. The van der Waals surface area contributed by atoms with Crippen molar-refractivity contribution in [2.45, 2.75) is 13.0 Å². The number of H-pyrrole nitrogens is 1. The molecule has 0 aromatic carbocycles. The van der Waals surface area contributed by atoms with Crippen molar-refractivity contribution in [1.29, 1.82) is 0 Å². The van der Waals surface area contributed by atoms with Crippen LogP contribution in [-0.2, 0) is 0 Å². The van der Waals surface area contributed by atoms with E-state index >= 15 is 0 Å². The number of aromatic amines is 1. The first kappa shape index (κ1) is 11.8. The maximum atomic E-state index is 11.7. The second-order valence-corrected chi connectivity index (χ2v) is 4.65. The van der Waals surface area contributed by atoms with E-state index in [9.17, 15) is 4.79 Å². The predicted octanol–water partition coefficient (Wildman–Crippen LogP) is 1.25. The van der Waals surface area contributed by atoms with Crippen molar-refractivity contribution in [1.82, 2.24) is 15.5 Å². The second kappa shape index (κ2) is 5.11. The first-order valence-electron chi connectivity index (χ1n) is 5.21. The molecule has 0 aliphatic carbocycles. The van der Waals surface area contributed by atoms with Crippen molar-refractivity contribution in [3.63, 3.8) is 0 Å². The maximum absolute atomic E-state index is 11.7. The third-order valence-corrected chi connectivity index (χ3v) is 3.15. The molecule has 3 N–H and O–H groups in total. The molecule has 1 atom stereocenters. The number of hydrogen-bond acceptors (Lipinski definition) is 4. The van der Waals surface area contributed by atoms with Gasteiger partial charge in [0.25, 0.3) is 5.91 Å². The normalized spacial score (nSPS) is 12.4. The van der Waals surface area contributed by atoms with Crippen molar-refractivity contribution in [2.75, 3.05) is 6.61 Å². The first-order chi connectivity index (χ1) is 8.20. The van der Waals surface area contributed by atoms with Crippen LogP contribution in [0, 0.1) is 0 Å². The van der Waals surface area contributed by atoms with Crippen molar-refractivity contribution in [2.24, 2.45) is 0 Å². The lowest BCUT2D eigenvalue weighted by atomic mass is 10.3. The highest BCUT2D eigenvalue weighted by Crippen LogP contribution is 2.22. The Morgan fingerprint density at radius 1 is 1.71 bits per heavy atom. The zero-order valence-electron chi connectivity index (χ0n) is 9.30. The van der Waals surface area contributed by atoms with E-state index in [0.29, 0.717) is 5.69 Å². The van der Waals surface area contributed by atoms with Crippen LogP contribution in [0.5, 0.6) is 0 Å². The van der Waals surface area contributed by atoms with E-state index in [-0.39, 0.29) is 18.6 Å². The SMILES string of the molecule is CC(CO)NC(=O)c1cc(-c2cccs2)[nH]n1. The molecule has 0 saturated carbocycles. The van der Waals surface area contributed by atoms with E-state index in [1.807, 2.05) is 17.5 Å². The van der Waals surface area contributed by atoms with Gasteiger partial charge in [0, 0.05) is 6.04 Å². The molecule has 0 saturated heterocycles. The number of hydrogen-bond donors (Lipinski definition) is 3. The molecule has 0 aliphatic rings. The topological polar surface area (TPSA) is 78.0 Å². The van der Waals surface area contributed by atoms with Crippen LogP contribution in [0.2, 0.25) is 0 Å². The van der Waals surface area contributed by atoms with Crippen molar-refractivity contribution >= 4 is 17.2 Å². The average Bonchev–Trinajstić information content (AvgIpc) is 2.98. The quantitative estimate of drug-likeness (QED) is 0.765. The van der Waals surface area contributed by atoms with Gasteiger partial charge in [-0.05, 0) is 24.4 Å². The lowest BCUT2D eigenvalue weighted by Crippen LogP contribution is -2.35. The molecule has 0 aliphatic heterocycles. The van der Waals surface area contributed by atoms with E-state index in [0.717, 1.165) is 10.6 Å². The summed E-state index contributed by atoms with van der Waals surface area (Å²) in [6.45, 7) is 1.64. The van der Waals surface area contributed by atoms with Crippen LogP contribution in [0.15, 0.2) is 23.6 Å². The summed E-state index contributed by atoms with van der Waals surface area (Å²) in [4.78, 5) is 12.7. The van der Waals surface area contributed by atoms with Crippen LogP contribution in [0.4, 0.5) is 0 Å². The van der Waals surface area contributed by atoms with Crippen LogP contribution in [0.1, 0.15) is 17.4 Å². The van der Waals surface area contributed by atoms with Gasteiger partial charge in [0.15, 0.2) is 5.69 Å². The van der Waals surface area contributed by atoms with Gasteiger partial charge in [0.1, 0.15) is 0 Å². The summed E-state index contributed by atoms with van der Waals surface area (Å²) in [5.74, 6) is -0.286. The highest BCUT2D eigenvalue weighted by molar-refractivity contribution is 7.13. The summed E-state index contributed by atoms with van der Waals surface area (Å²) in [6, 6.07) is 5.32. The van der Waals surface area contributed by atoms with Crippen LogP contribution in [0.3, 0.4) is 0 Å². The molecule has 5 nitrogen and oxygen atoms in total. The second-order valence-electron chi connectivity index (χ2n) is 3.70. The summed E-state index contributed by atoms with van der Waals surface area (Å²) in [5, 5.41) is 20.2. The van der Waals surface area contributed by atoms with Gasteiger partial charge < -0.3 is 10.4 Å². The molecule has 2 heterocycles. The van der Waals surface area contributed by atoms with Gasteiger partial charge >= 0.3 is 0 Å². The van der Waals surface area contributed by atoms with Crippen molar-refractivity contribution < 1.29 is 9.90 Å². The smallest absolute Gasteiger partial charge is 0.272 e. The Bertz CT molecular complexity index is 493. The Balaban J connectivity index is 2.11. The van der Waals surface area contributed by atoms with E-state index in [4.69, 9.17) is 5.11 Å². The summed E-state index contributed by atoms with van der Waals surface area (Å²) < 4.78 is 0. The number of aromatic nitrogens is 2. The van der Waals surface area contributed by atoms with Crippen LogP contribution >= 0.6 is 11.3 Å². The molecule has 90 valence electrons. The molecule has 2 aromatic heterocycles. The van der Waals surface area contributed by atoms with Crippen molar-refractivity contribution in [3.05, 3.63) is 29.3 Å². The molecule has 2 rings (SSSR count). The molecular formula is C11H13N3O2S. The summed E-state index contributed by atoms with van der Waals surface area (Å²) in [5.41, 5.74) is 1.15. The molecule has 0 radical (unpaired) electrons. The minimum atomic E-state index is -0.286. The highest BCUT2D eigenvalue weighted by Gasteiger charge is 2.13. The molecule has 17 heavy (non-hydrogen) atoms. The molecule has 1 unspecified atom stereocenters. The molecule has 6 heteroatoms. The predicted molar refractivity (Wildman–Crippen MR) is 65.9 cm³/mol. The van der Waals surface area contributed by atoms with Gasteiger partial charge in [0.2, 0.25) is 0 Å². The average molecular weight is 251 g/mol. The van der Waals surface area contributed by atoms with E-state index in [1.54, 1.807) is 24.3 Å². The highest BCUT2D eigenvalue weighted by atomic mass is 32.1. The number of aliphatic hydroxyl groups is 1. The van der Waals surface area contributed by atoms with Gasteiger partial charge in [-0.1, -0.05) is 6.07 Å². The standard InChI is InChI=1S/C11H13N3O2S/c1-7(6-15)12-11(16)9-5-8(13-14-9)10-3-2-4-17-10/h2-5,7,15H,6H2,1H3,(H,12,16)(H,13,14). The van der Waals surface area contributed by atoms with Gasteiger partial charge in [-0.2, -0.15) is 5.10 Å². The Morgan fingerprint density at radius 2 is 2.53 bits per heavy atom. The molecule has 2 aromatic rings. The number of carbonyl (C=O) groups excluding carboxylic acids is 1. The lowest BCUT2D eigenvalue weighted by Gasteiger charge is -2.08. The Morgan fingerprint density at radius 3 is 3.18 bits per heavy atom. The number of nitrogens with zero attached hydrogens (tertiary/aromatic N) is 1. The third-order valence-electron chi connectivity index (χ3n) is 2.25. The Labute approximate surface area is 102 Å². The fraction of sp³-hybridized carbons (Fsp3) is 0.273. The van der Waals surface area contributed by atoms with Gasteiger partial charge in [0.05, 0.1) is 17.2 Å². The van der Waals surface area contributed by atoms with E-state index < -0.39 is 0 Å². The number of nitrogens with one attached hydrogen (secondary N) is 2. The van der Waals surface area contributed by atoms with Crippen molar-refractivity contribution in [3.8, 4) is 10.6 Å². The molecule has 0 fully saturated rings. The van der Waals surface area contributed by atoms with Crippen LogP contribution < -0.4 is 5.32 Å². The largest absolute Gasteiger partial charge is 0.394 e. The molecule has 1 amide bonds. The van der Waals surface area contributed by atoms with Crippen LogP contribution in [-0.4, -0.2) is 33.9 Å². The Hall–Kier alpha value is -1.66. The summed E-state index contributed by atoms with van der Waals surface area (Å²) >= 11 is 1.58. The zero-order chi connectivity index (χ0) is 12.3. The number of thiophene rings is 1. The number of carbonyl (C=O) groups is 1. The summed E-state index contributed by atoms with van der Waals surface area (Å²) in [7, 11) is 0. The molecule has 0 bridgehead atoms. The fourth-order valence-electron chi connectivity index (χ4n) is 1.34. The molecular weight excluding hydrogens is 238 g/mol. The molecule has 0 spiro atoms. The minimum absolute atomic E-state index is 0.0893. The minimum Gasteiger partial charge on any atom is -0.394 e. The number of aliphatic hydroxyl groups excluding tert-OH is 1. The lowest BCUT2D eigenvalue weighted by molar-refractivity contribution is 0.0917. The van der Waals surface area contributed by atoms with E-state index in [2.05, 4.69) is 15.5 Å². The first-order valence-corrected chi connectivity index (χ1v) is 6.09. The van der Waals surface area contributed by atoms with E-state index in [1.165, 1.54) is 0 Å². The number of amides is 1. The maximum Gasteiger partial charge on any atom is 0.272 e. The third kappa shape index (κ3) is 2.72. The fourth-order valence-corrected chi connectivity index (χ4v) is 2.03. The zero-order valence-corrected chi connectivity index (χ0v) is 10.1. The van der Waals surface area contributed by atoms with Gasteiger partial charge in [-0.25, -0.2) is 0 Å².